The molecule has 4 nitrogen and oxygen atoms in total. The average molecular weight is 388 g/mol. The minimum Gasteiger partial charge on any atom is -0.417 e. The summed E-state index contributed by atoms with van der Waals surface area (Å²) in [7, 11) is -1.66. The van der Waals surface area contributed by atoms with Crippen molar-refractivity contribution < 1.29 is 8.82 Å². The summed E-state index contributed by atoms with van der Waals surface area (Å²) in [6.07, 6.45) is 6.63. The van der Waals surface area contributed by atoms with Gasteiger partial charge in [0.1, 0.15) is 5.82 Å². The minimum atomic E-state index is -1.66. The predicted molar refractivity (Wildman–Crippen MR) is 109 cm³/mol. The highest BCUT2D eigenvalue weighted by Gasteiger charge is 2.36. The molecule has 0 radical (unpaired) electrons. The fourth-order valence-electron chi connectivity index (χ4n) is 2.52. The van der Waals surface area contributed by atoms with Crippen molar-refractivity contribution in [2.45, 2.75) is 64.7 Å². The highest BCUT2D eigenvalue weighted by atomic mass is 28.4. The predicted octanol–water partition coefficient (Wildman–Crippen LogP) is 5.29. The van der Waals surface area contributed by atoms with Gasteiger partial charge in [0.25, 0.3) is 0 Å². The van der Waals surface area contributed by atoms with Crippen molar-refractivity contribution in [3.63, 3.8) is 0 Å². The zero-order chi connectivity index (χ0) is 20.1. The number of hydrogen-bond donors (Lipinski definition) is 0. The summed E-state index contributed by atoms with van der Waals surface area (Å²) in [6.45, 7) is 12.5. The van der Waals surface area contributed by atoms with Gasteiger partial charge < -0.3 is 8.99 Å². The molecule has 0 N–H and O–H groups in total. The monoisotopic (exact) mass is 387 g/mol. The van der Waals surface area contributed by atoms with E-state index in [9.17, 15) is 4.39 Å². The Morgan fingerprint density at radius 1 is 1.26 bits per heavy atom. The number of unbranched alkanes of at least 4 members (excludes halogenated alkanes) is 1. The Bertz CT molecular complexity index is 802. The Labute approximate surface area is 163 Å². The molecule has 146 valence electrons. The molecule has 0 unspecified atom stereocenters. The Balaban J connectivity index is 1.79. The summed E-state index contributed by atoms with van der Waals surface area (Å²) >= 11 is 0. The van der Waals surface area contributed by atoms with Crippen LogP contribution in [-0.4, -0.2) is 24.5 Å². The van der Waals surface area contributed by atoms with Crippen LogP contribution in [-0.2, 0) is 17.4 Å². The molecule has 2 rings (SSSR count). The molecule has 0 saturated carbocycles. The number of nitriles is 1. The molecule has 0 atom stereocenters. The molecule has 0 aliphatic heterocycles. The summed E-state index contributed by atoms with van der Waals surface area (Å²) in [5.41, 5.74) is 1.90. The van der Waals surface area contributed by atoms with Crippen molar-refractivity contribution in [3.05, 3.63) is 53.4 Å². The van der Waals surface area contributed by atoms with Gasteiger partial charge >= 0.3 is 0 Å². The van der Waals surface area contributed by atoms with Gasteiger partial charge in [-0.3, -0.25) is 0 Å². The van der Waals surface area contributed by atoms with Gasteiger partial charge in [-0.05, 0) is 49.5 Å². The SMILES string of the molecule is CC(C)(C)[Si](C)(C)OCCCCc1cn(Cc2ccc(C#N)cc2F)cn1. The molecule has 0 spiro atoms. The lowest BCUT2D eigenvalue weighted by atomic mass is 10.1. The Morgan fingerprint density at radius 3 is 2.63 bits per heavy atom. The normalized spacial score (nSPS) is 12.2. The van der Waals surface area contributed by atoms with Gasteiger partial charge in [-0.2, -0.15) is 5.26 Å². The van der Waals surface area contributed by atoms with E-state index in [0.29, 0.717) is 17.7 Å². The summed E-state index contributed by atoms with van der Waals surface area (Å²) in [5.74, 6) is -0.355. The van der Waals surface area contributed by atoms with Crippen molar-refractivity contribution in [3.8, 4) is 6.07 Å². The van der Waals surface area contributed by atoms with E-state index >= 15 is 0 Å². The first kappa shape index (κ1) is 21.3. The maximum absolute atomic E-state index is 14.0. The smallest absolute Gasteiger partial charge is 0.191 e. The van der Waals surface area contributed by atoms with Crippen molar-refractivity contribution >= 4 is 8.32 Å². The number of aromatic nitrogens is 2. The molecule has 0 saturated heterocycles. The van der Waals surface area contributed by atoms with E-state index in [1.807, 2.05) is 16.8 Å². The molecule has 2 aromatic rings. The number of imidazole rings is 1. The highest BCUT2D eigenvalue weighted by molar-refractivity contribution is 6.74. The molecule has 0 fully saturated rings. The molecule has 0 aliphatic rings. The standard InChI is InChI=1S/C21H30FN3OSi/c1-21(2,3)27(4,5)26-11-7-6-8-19-15-25(16-24-19)14-18-10-9-17(13-23)12-20(18)22/h9-10,12,15-16H,6-8,11,14H2,1-5H3. The average Bonchev–Trinajstić information content (AvgIpc) is 3.02. The molecule has 27 heavy (non-hydrogen) atoms. The molecule has 0 aliphatic carbocycles. The minimum absolute atomic E-state index is 0.243. The molecular weight excluding hydrogens is 357 g/mol. The topological polar surface area (TPSA) is 50.8 Å². The van der Waals surface area contributed by atoms with E-state index in [0.717, 1.165) is 31.6 Å². The van der Waals surface area contributed by atoms with Crippen LogP contribution in [0, 0.1) is 17.1 Å². The van der Waals surface area contributed by atoms with Crippen LogP contribution in [0.1, 0.15) is 50.4 Å². The third-order valence-corrected chi connectivity index (χ3v) is 9.86. The molecule has 1 aromatic heterocycles. The Hall–Kier alpha value is -1.97. The number of nitrogens with zero attached hydrogens (tertiary/aromatic N) is 3. The molecule has 0 amide bonds. The Kier molecular flexibility index (Phi) is 6.96. The number of aryl methyl sites for hydroxylation is 1. The van der Waals surface area contributed by atoms with Gasteiger partial charge in [0.2, 0.25) is 0 Å². The summed E-state index contributed by atoms with van der Waals surface area (Å²) in [4.78, 5) is 4.42. The van der Waals surface area contributed by atoms with Gasteiger partial charge in [-0.15, -0.1) is 0 Å². The first-order chi connectivity index (χ1) is 12.6. The largest absolute Gasteiger partial charge is 0.417 e. The van der Waals surface area contributed by atoms with Crippen LogP contribution in [0.5, 0.6) is 0 Å². The molecule has 1 heterocycles. The summed E-state index contributed by atoms with van der Waals surface area (Å²) in [6, 6.07) is 6.52. The van der Waals surface area contributed by atoms with Crippen LogP contribution >= 0.6 is 0 Å². The molecule has 6 heteroatoms. The number of halogens is 1. The van der Waals surface area contributed by atoms with Gasteiger partial charge in [0, 0.05) is 18.4 Å². The highest BCUT2D eigenvalue weighted by Crippen LogP contribution is 2.36. The fourth-order valence-corrected chi connectivity index (χ4v) is 3.60. The second-order valence-corrected chi connectivity index (χ2v) is 13.3. The fraction of sp³-hybridized carbons (Fsp3) is 0.524. The lowest BCUT2D eigenvalue weighted by Gasteiger charge is -2.36. The van der Waals surface area contributed by atoms with Crippen LogP contribution in [0.4, 0.5) is 4.39 Å². The first-order valence-electron chi connectivity index (χ1n) is 9.45. The maximum atomic E-state index is 14.0. The second kappa shape index (κ2) is 8.81. The second-order valence-electron chi connectivity index (χ2n) is 8.52. The lowest BCUT2D eigenvalue weighted by molar-refractivity contribution is 0.279. The van der Waals surface area contributed by atoms with E-state index in [1.165, 1.54) is 6.07 Å². The van der Waals surface area contributed by atoms with Crippen LogP contribution < -0.4 is 0 Å². The van der Waals surface area contributed by atoms with Crippen LogP contribution in [0.15, 0.2) is 30.7 Å². The van der Waals surface area contributed by atoms with Crippen LogP contribution in [0.3, 0.4) is 0 Å². The van der Waals surface area contributed by atoms with Crippen molar-refractivity contribution in [2.24, 2.45) is 0 Å². The van der Waals surface area contributed by atoms with Crippen molar-refractivity contribution in [2.75, 3.05) is 6.61 Å². The third-order valence-electron chi connectivity index (χ3n) is 5.32. The third kappa shape index (κ3) is 6.01. The van der Waals surface area contributed by atoms with Crippen molar-refractivity contribution in [1.29, 1.82) is 5.26 Å². The van der Waals surface area contributed by atoms with Crippen LogP contribution in [0.2, 0.25) is 18.1 Å². The molecule has 0 bridgehead atoms. The summed E-state index contributed by atoms with van der Waals surface area (Å²) in [5, 5.41) is 9.05. The van der Waals surface area contributed by atoms with E-state index in [-0.39, 0.29) is 10.9 Å². The number of hydrogen-bond acceptors (Lipinski definition) is 3. The van der Waals surface area contributed by atoms with Crippen LogP contribution in [0.25, 0.3) is 0 Å². The molecule has 1 aromatic carbocycles. The van der Waals surface area contributed by atoms with Gasteiger partial charge in [-0.1, -0.05) is 26.8 Å². The van der Waals surface area contributed by atoms with E-state index in [2.05, 4.69) is 38.8 Å². The van der Waals surface area contributed by atoms with Gasteiger partial charge in [0.15, 0.2) is 8.32 Å². The van der Waals surface area contributed by atoms with Crippen molar-refractivity contribution in [1.82, 2.24) is 9.55 Å². The van der Waals surface area contributed by atoms with E-state index in [1.54, 1.807) is 18.5 Å². The maximum Gasteiger partial charge on any atom is 0.191 e. The first-order valence-corrected chi connectivity index (χ1v) is 12.4. The van der Waals surface area contributed by atoms with E-state index < -0.39 is 8.32 Å². The zero-order valence-electron chi connectivity index (χ0n) is 17.1. The number of rotatable bonds is 8. The van der Waals surface area contributed by atoms with E-state index in [4.69, 9.17) is 9.69 Å². The lowest BCUT2D eigenvalue weighted by Crippen LogP contribution is -2.40. The summed E-state index contributed by atoms with van der Waals surface area (Å²) < 4.78 is 22.1. The Morgan fingerprint density at radius 2 is 2.00 bits per heavy atom. The quantitative estimate of drug-likeness (QED) is 0.457. The van der Waals surface area contributed by atoms with Gasteiger partial charge in [0.05, 0.1) is 30.2 Å². The zero-order valence-corrected chi connectivity index (χ0v) is 18.1. The molecular formula is C21H30FN3OSi. The van der Waals surface area contributed by atoms with Gasteiger partial charge in [-0.25, -0.2) is 9.37 Å². The number of benzene rings is 1.